The summed E-state index contributed by atoms with van der Waals surface area (Å²) in [6.07, 6.45) is 1.41. The second kappa shape index (κ2) is 8.39. The van der Waals surface area contributed by atoms with E-state index >= 15 is 0 Å². The van der Waals surface area contributed by atoms with E-state index in [1.54, 1.807) is 30.3 Å². The van der Waals surface area contributed by atoms with E-state index in [1.165, 1.54) is 18.7 Å². The summed E-state index contributed by atoms with van der Waals surface area (Å²) in [5.74, 6) is -3.55. The number of carboxylic acids is 1. The van der Waals surface area contributed by atoms with Gasteiger partial charge in [-0.05, 0) is 38.7 Å². The van der Waals surface area contributed by atoms with Gasteiger partial charge in [-0.25, -0.2) is 8.42 Å². The van der Waals surface area contributed by atoms with E-state index in [-0.39, 0.29) is 19.1 Å². The van der Waals surface area contributed by atoms with Crippen molar-refractivity contribution in [3.63, 3.8) is 0 Å². The minimum atomic E-state index is -4.05. The van der Waals surface area contributed by atoms with Gasteiger partial charge in [0, 0.05) is 6.54 Å². The zero-order chi connectivity index (χ0) is 20.2. The number of benzene rings is 1. The maximum atomic E-state index is 13.0. The highest BCUT2D eigenvalue weighted by Gasteiger charge is 2.47. The number of hydrogen-bond donors (Lipinski definition) is 2. The molecule has 1 aromatic carbocycles. The summed E-state index contributed by atoms with van der Waals surface area (Å²) < 4.78 is 24.2. The molecule has 1 amide bonds. The number of rotatable bonds is 8. The predicted octanol–water partition coefficient (Wildman–Crippen LogP) is 1.11. The van der Waals surface area contributed by atoms with Crippen molar-refractivity contribution >= 4 is 21.7 Å². The first-order valence-electron chi connectivity index (χ1n) is 9.01. The molecule has 1 aliphatic rings. The molecule has 1 saturated heterocycles. The molecule has 0 spiro atoms. The summed E-state index contributed by atoms with van der Waals surface area (Å²) in [7, 11) is -4.05. The lowest BCUT2D eigenvalue weighted by molar-refractivity contribution is -0.141. The molecule has 0 bridgehead atoms. The van der Waals surface area contributed by atoms with E-state index in [2.05, 4.69) is 0 Å². The van der Waals surface area contributed by atoms with E-state index < -0.39 is 38.1 Å². The van der Waals surface area contributed by atoms with E-state index in [1.807, 2.05) is 0 Å². The number of aliphatic carboxylic acids is 1. The molecule has 0 aliphatic carbocycles. The Labute approximate surface area is 159 Å². The standard InChI is InChI=1S/C19H27NO6S/c1-19(2,18(24)20-10-6-9-16(20)12-21)27(25,26)13-15(17(22)23)11-14-7-4-3-5-8-14/h3-5,7-8,15-16,21H,6,9-13H2,1-2H3,(H,22,23)/t15?,16-/m1/s1. The van der Waals surface area contributed by atoms with Crippen LogP contribution in [0.5, 0.6) is 0 Å². The van der Waals surface area contributed by atoms with Crippen LogP contribution in [0.25, 0.3) is 0 Å². The lowest BCUT2D eigenvalue weighted by Crippen LogP contribution is -2.53. The number of sulfone groups is 1. The van der Waals surface area contributed by atoms with Gasteiger partial charge in [0.15, 0.2) is 9.84 Å². The molecule has 0 aromatic heterocycles. The average molecular weight is 397 g/mol. The Morgan fingerprint density at radius 2 is 1.89 bits per heavy atom. The maximum Gasteiger partial charge on any atom is 0.307 e. The average Bonchev–Trinajstić information content (AvgIpc) is 3.09. The number of carbonyl (C=O) groups excluding carboxylic acids is 1. The molecule has 8 heteroatoms. The second-order valence-electron chi connectivity index (χ2n) is 7.49. The highest BCUT2D eigenvalue weighted by molar-refractivity contribution is 7.93. The number of carboxylic acid groups (broad SMARTS) is 1. The minimum Gasteiger partial charge on any atom is -0.481 e. The van der Waals surface area contributed by atoms with E-state index in [0.29, 0.717) is 19.4 Å². The Kier molecular flexibility index (Phi) is 6.64. The first-order chi connectivity index (χ1) is 12.6. The highest BCUT2D eigenvalue weighted by Crippen LogP contribution is 2.28. The number of hydrogen-bond acceptors (Lipinski definition) is 5. The van der Waals surface area contributed by atoms with Crippen LogP contribution in [0.15, 0.2) is 30.3 Å². The molecule has 27 heavy (non-hydrogen) atoms. The molecule has 150 valence electrons. The summed E-state index contributed by atoms with van der Waals surface area (Å²) in [4.78, 5) is 25.9. The molecule has 1 aliphatic heterocycles. The summed E-state index contributed by atoms with van der Waals surface area (Å²) >= 11 is 0. The van der Waals surface area contributed by atoms with Crippen molar-refractivity contribution in [1.29, 1.82) is 0 Å². The van der Waals surface area contributed by atoms with Gasteiger partial charge < -0.3 is 15.1 Å². The van der Waals surface area contributed by atoms with E-state index in [0.717, 1.165) is 5.56 Å². The Hall–Kier alpha value is -1.93. The molecule has 7 nitrogen and oxygen atoms in total. The summed E-state index contributed by atoms with van der Waals surface area (Å²) in [5.41, 5.74) is 0.726. The highest BCUT2D eigenvalue weighted by atomic mass is 32.2. The molecule has 0 radical (unpaired) electrons. The number of amides is 1. The van der Waals surface area contributed by atoms with Gasteiger partial charge in [-0.3, -0.25) is 9.59 Å². The van der Waals surface area contributed by atoms with Gasteiger partial charge in [0.1, 0.15) is 4.75 Å². The van der Waals surface area contributed by atoms with Crippen molar-refractivity contribution in [2.24, 2.45) is 5.92 Å². The zero-order valence-electron chi connectivity index (χ0n) is 15.7. The van der Waals surface area contributed by atoms with Gasteiger partial charge in [0.2, 0.25) is 5.91 Å². The largest absolute Gasteiger partial charge is 0.481 e. The fraction of sp³-hybridized carbons (Fsp3) is 0.579. The van der Waals surface area contributed by atoms with Crippen molar-refractivity contribution in [3.05, 3.63) is 35.9 Å². The molecular weight excluding hydrogens is 370 g/mol. The quantitative estimate of drug-likeness (QED) is 0.680. The van der Waals surface area contributed by atoms with Crippen molar-refractivity contribution in [3.8, 4) is 0 Å². The van der Waals surface area contributed by atoms with E-state index in [9.17, 15) is 28.2 Å². The first kappa shape index (κ1) is 21.4. The molecule has 0 saturated carbocycles. The summed E-state index contributed by atoms with van der Waals surface area (Å²) in [6, 6.07) is 8.43. The van der Waals surface area contributed by atoms with Gasteiger partial charge in [0.05, 0.1) is 24.3 Å². The van der Waals surface area contributed by atoms with Crippen LogP contribution < -0.4 is 0 Å². The van der Waals surface area contributed by atoms with Crippen LogP contribution in [0, 0.1) is 5.92 Å². The van der Waals surface area contributed by atoms with Gasteiger partial charge >= 0.3 is 5.97 Å². The SMILES string of the molecule is CC(C)(C(=O)N1CCC[C@@H]1CO)S(=O)(=O)CC(Cc1ccccc1)C(=O)O. The fourth-order valence-corrected chi connectivity index (χ4v) is 4.95. The van der Waals surface area contributed by atoms with Crippen molar-refractivity contribution in [1.82, 2.24) is 4.90 Å². The molecule has 1 fully saturated rings. The van der Waals surface area contributed by atoms with Crippen LogP contribution >= 0.6 is 0 Å². The third kappa shape index (κ3) is 4.68. The third-order valence-electron chi connectivity index (χ3n) is 5.24. The number of aliphatic hydroxyl groups excluding tert-OH is 1. The van der Waals surface area contributed by atoms with Crippen molar-refractivity contribution in [2.75, 3.05) is 18.9 Å². The van der Waals surface area contributed by atoms with Crippen LogP contribution in [0.3, 0.4) is 0 Å². The molecule has 2 rings (SSSR count). The Bertz CT molecular complexity index is 775. The maximum absolute atomic E-state index is 13.0. The molecular formula is C19H27NO6S. The molecule has 1 aromatic rings. The lowest BCUT2D eigenvalue weighted by Gasteiger charge is -2.32. The Morgan fingerprint density at radius 3 is 2.44 bits per heavy atom. The van der Waals surface area contributed by atoms with Gasteiger partial charge in [0.25, 0.3) is 0 Å². The number of likely N-dealkylation sites (tertiary alicyclic amines) is 1. The van der Waals surface area contributed by atoms with E-state index in [4.69, 9.17) is 0 Å². The van der Waals surface area contributed by atoms with Crippen molar-refractivity contribution in [2.45, 2.75) is 43.9 Å². The van der Waals surface area contributed by atoms with Crippen LogP contribution in [-0.2, 0) is 25.8 Å². The summed E-state index contributed by atoms with van der Waals surface area (Å²) in [5, 5.41) is 18.9. The lowest BCUT2D eigenvalue weighted by atomic mass is 10.0. The Morgan fingerprint density at radius 1 is 1.26 bits per heavy atom. The normalized spacial score (nSPS) is 19.1. The van der Waals surface area contributed by atoms with Crippen LogP contribution in [0.2, 0.25) is 0 Å². The number of nitrogens with zero attached hydrogens (tertiary/aromatic N) is 1. The third-order valence-corrected chi connectivity index (χ3v) is 7.81. The second-order valence-corrected chi connectivity index (χ2v) is 10.1. The van der Waals surface area contributed by atoms with Crippen LogP contribution in [0.4, 0.5) is 0 Å². The monoisotopic (exact) mass is 397 g/mol. The summed E-state index contributed by atoms with van der Waals surface area (Å²) in [6.45, 7) is 2.82. The first-order valence-corrected chi connectivity index (χ1v) is 10.7. The zero-order valence-corrected chi connectivity index (χ0v) is 16.5. The van der Waals surface area contributed by atoms with Gasteiger partial charge in [-0.2, -0.15) is 0 Å². The fourth-order valence-electron chi connectivity index (χ4n) is 3.36. The predicted molar refractivity (Wildman–Crippen MR) is 101 cm³/mol. The van der Waals surface area contributed by atoms with Gasteiger partial charge in [-0.1, -0.05) is 30.3 Å². The van der Waals surface area contributed by atoms with Crippen LogP contribution in [0.1, 0.15) is 32.3 Å². The Balaban J connectivity index is 2.20. The van der Waals surface area contributed by atoms with Crippen molar-refractivity contribution < 1.29 is 28.2 Å². The molecule has 2 N–H and O–H groups in total. The molecule has 1 heterocycles. The molecule has 1 unspecified atom stereocenters. The smallest absolute Gasteiger partial charge is 0.307 e. The van der Waals surface area contributed by atoms with Gasteiger partial charge in [-0.15, -0.1) is 0 Å². The van der Waals surface area contributed by atoms with Crippen LogP contribution in [-0.4, -0.2) is 65.1 Å². The topological polar surface area (TPSA) is 112 Å². The minimum absolute atomic E-state index is 0.0721. The molecule has 2 atom stereocenters. The number of aliphatic hydroxyl groups is 1. The number of carbonyl (C=O) groups is 2.